The first kappa shape index (κ1) is 49.5. The molecule has 0 fully saturated rings. The minimum atomic E-state index is -4.78. The molecule has 0 spiro atoms. The maximum absolute atomic E-state index is 13.9. The summed E-state index contributed by atoms with van der Waals surface area (Å²) in [5.41, 5.74) is -0.0222. The monoisotopic (exact) mass is 803 g/mol. The van der Waals surface area contributed by atoms with Gasteiger partial charge in [0.15, 0.2) is 0 Å². The second kappa shape index (κ2) is 23.5. The molecule has 0 bridgehead atoms. The van der Waals surface area contributed by atoms with Crippen molar-refractivity contribution in [3.8, 4) is 0 Å². The summed E-state index contributed by atoms with van der Waals surface area (Å²) in [6, 6.07) is 4.58. The molecule has 1 unspecified atom stereocenters. The fraction of sp³-hybridized carbons (Fsp3) is 0.718. The molecule has 1 aromatic rings. The zero-order chi connectivity index (χ0) is 42.1. The molecule has 0 aliphatic rings. The van der Waals surface area contributed by atoms with Crippen molar-refractivity contribution in [2.75, 3.05) is 12.0 Å². The maximum Gasteiger partial charge on any atom is 0.408 e. The van der Waals surface area contributed by atoms with Crippen molar-refractivity contribution in [3.05, 3.63) is 35.9 Å². The highest BCUT2D eigenvalue weighted by molar-refractivity contribution is 7.98. The Morgan fingerprint density at radius 2 is 1.36 bits per heavy atom. The summed E-state index contributed by atoms with van der Waals surface area (Å²) < 4.78 is 46.9. The van der Waals surface area contributed by atoms with Crippen LogP contribution in [0.1, 0.15) is 100.0 Å². The number of benzene rings is 1. The second-order valence-corrected chi connectivity index (χ2v) is 17.0. The minimum absolute atomic E-state index is 0.138. The van der Waals surface area contributed by atoms with E-state index in [-0.39, 0.29) is 31.2 Å². The standard InChI is InChI=1S/C39H64F3N5O7S/c1-23(2)19-29(45-34(50)28(17-14-18-55-10)44-36(52)32(25(5)6)47-37(53)54-38(7,8)9)30(48)20-27(21-39(40,41)42)33(49)46-31(24(3)4)35(51)43-22-26-15-12-11-13-16-26/h11-13,15-16,23-25,27-32,48H,14,17-22H2,1-10H3,(H,43,51)(H,44,52)(H,45,50)(H,46,49)(H,47,53)/t27?,28-,29-,30-,31-,32-/m0/s1. The van der Waals surface area contributed by atoms with Crippen molar-refractivity contribution in [3.63, 3.8) is 0 Å². The predicted octanol–water partition coefficient (Wildman–Crippen LogP) is 5.47. The summed E-state index contributed by atoms with van der Waals surface area (Å²) >= 11 is 1.54. The Balaban J connectivity index is 3.27. The molecule has 1 aromatic carbocycles. The number of hydrogen-bond donors (Lipinski definition) is 6. The molecule has 5 amide bonds. The molecule has 12 nitrogen and oxygen atoms in total. The summed E-state index contributed by atoms with van der Waals surface area (Å²) in [7, 11) is 0. The number of nitrogens with one attached hydrogen (secondary N) is 5. The molecule has 0 aliphatic heterocycles. The highest BCUT2D eigenvalue weighted by atomic mass is 32.2. The van der Waals surface area contributed by atoms with Gasteiger partial charge in [0.05, 0.1) is 18.6 Å². The summed E-state index contributed by atoms with van der Waals surface area (Å²) in [5.74, 6) is -5.06. The Bertz CT molecular complexity index is 1360. The average Bonchev–Trinajstić information content (AvgIpc) is 3.05. The molecule has 314 valence electrons. The van der Waals surface area contributed by atoms with Crippen LogP contribution in [0.3, 0.4) is 0 Å². The number of hydrogen-bond acceptors (Lipinski definition) is 8. The van der Waals surface area contributed by atoms with Gasteiger partial charge in [0.1, 0.15) is 23.7 Å². The number of amides is 5. The van der Waals surface area contributed by atoms with Crippen molar-refractivity contribution in [2.45, 2.75) is 143 Å². The molecule has 0 radical (unpaired) electrons. The molecule has 1 rings (SSSR count). The van der Waals surface area contributed by atoms with E-state index in [1.165, 1.54) is 11.8 Å². The van der Waals surface area contributed by atoms with E-state index in [9.17, 15) is 42.3 Å². The Hall–Kier alpha value is -3.53. The molecule has 0 aromatic heterocycles. The van der Waals surface area contributed by atoms with Gasteiger partial charge < -0.3 is 36.4 Å². The number of rotatable bonds is 22. The third kappa shape index (κ3) is 20.3. The Kier molecular flexibility index (Phi) is 21.2. The molecule has 0 aliphatic carbocycles. The SMILES string of the molecule is CSCCC[C@H](NC(=O)[C@@H](NC(=O)OC(C)(C)C)C(C)C)C(=O)N[C@@H](CC(C)C)[C@@H](O)CC(CC(F)(F)F)C(=O)N[C@H](C(=O)NCc1ccccc1)C(C)C. The highest BCUT2D eigenvalue weighted by Gasteiger charge is 2.40. The van der Waals surface area contributed by atoms with Gasteiger partial charge in [-0.3, -0.25) is 19.2 Å². The topological polar surface area (TPSA) is 175 Å². The van der Waals surface area contributed by atoms with Gasteiger partial charge in [0, 0.05) is 12.5 Å². The van der Waals surface area contributed by atoms with E-state index in [1.54, 1.807) is 86.6 Å². The molecule has 0 heterocycles. The lowest BCUT2D eigenvalue weighted by Gasteiger charge is -2.32. The third-order valence-electron chi connectivity index (χ3n) is 8.54. The van der Waals surface area contributed by atoms with E-state index >= 15 is 0 Å². The van der Waals surface area contributed by atoms with E-state index < -0.39 is 96.4 Å². The van der Waals surface area contributed by atoms with Crippen LogP contribution in [0.5, 0.6) is 0 Å². The molecule has 6 atom stereocenters. The average molecular weight is 804 g/mol. The number of aliphatic hydroxyl groups excluding tert-OH is 1. The van der Waals surface area contributed by atoms with Crippen LogP contribution in [0, 0.1) is 23.7 Å². The molecular weight excluding hydrogens is 740 g/mol. The van der Waals surface area contributed by atoms with Crippen molar-refractivity contribution in [1.29, 1.82) is 0 Å². The molecular formula is C39H64F3N5O7S. The first-order valence-electron chi connectivity index (χ1n) is 18.9. The molecule has 55 heavy (non-hydrogen) atoms. The number of carbonyl (C=O) groups excluding carboxylic acids is 5. The van der Waals surface area contributed by atoms with Crippen molar-refractivity contribution in [1.82, 2.24) is 26.6 Å². The van der Waals surface area contributed by atoms with Crippen molar-refractivity contribution >= 4 is 41.5 Å². The summed E-state index contributed by atoms with van der Waals surface area (Å²) in [4.78, 5) is 66.4. The van der Waals surface area contributed by atoms with Crippen molar-refractivity contribution in [2.24, 2.45) is 23.7 Å². The molecule has 16 heteroatoms. The van der Waals surface area contributed by atoms with Crippen LogP contribution in [0.25, 0.3) is 0 Å². The zero-order valence-electron chi connectivity index (χ0n) is 34.0. The molecule has 6 N–H and O–H groups in total. The highest BCUT2D eigenvalue weighted by Crippen LogP contribution is 2.29. The van der Waals surface area contributed by atoms with Gasteiger partial charge >= 0.3 is 12.3 Å². The Labute approximate surface area is 329 Å². The van der Waals surface area contributed by atoms with Gasteiger partial charge in [-0.2, -0.15) is 24.9 Å². The molecule has 0 saturated carbocycles. The van der Waals surface area contributed by atoms with Crippen LogP contribution >= 0.6 is 11.8 Å². The van der Waals surface area contributed by atoms with Gasteiger partial charge in [-0.25, -0.2) is 4.79 Å². The Morgan fingerprint density at radius 3 is 1.87 bits per heavy atom. The summed E-state index contributed by atoms with van der Waals surface area (Å²) in [5, 5.41) is 24.6. The van der Waals surface area contributed by atoms with E-state index in [0.717, 1.165) is 5.56 Å². The van der Waals surface area contributed by atoms with Crippen LogP contribution in [-0.2, 0) is 30.5 Å². The van der Waals surface area contributed by atoms with Gasteiger partial charge in [0.25, 0.3) is 0 Å². The number of aliphatic hydroxyl groups is 1. The van der Waals surface area contributed by atoms with E-state index in [1.807, 2.05) is 12.3 Å². The van der Waals surface area contributed by atoms with Crippen LogP contribution < -0.4 is 26.6 Å². The van der Waals surface area contributed by atoms with Crippen LogP contribution in [-0.4, -0.2) is 88.9 Å². The van der Waals surface area contributed by atoms with Gasteiger partial charge in [0.2, 0.25) is 23.6 Å². The number of alkyl halides is 3. The largest absolute Gasteiger partial charge is 0.444 e. The van der Waals surface area contributed by atoms with Crippen LogP contribution in [0.2, 0.25) is 0 Å². The quantitative estimate of drug-likeness (QED) is 0.0838. The first-order chi connectivity index (χ1) is 25.4. The van der Waals surface area contributed by atoms with E-state index in [0.29, 0.717) is 12.2 Å². The van der Waals surface area contributed by atoms with Gasteiger partial charge in [-0.1, -0.05) is 71.9 Å². The second-order valence-electron chi connectivity index (χ2n) is 16.1. The molecule has 0 saturated heterocycles. The number of carbonyl (C=O) groups is 5. The lowest BCUT2D eigenvalue weighted by atomic mass is 9.89. The lowest BCUT2D eigenvalue weighted by molar-refractivity contribution is -0.157. The number of thioether (sulfide) groups is 1. The predicted molar refractivity (Wildman–Crippen MR) is 209 cm³/mol. The van der Waals surface area contributed by atoms with E-state index in [4.69, 9.17) is 4.74 Å². The maximum atomic E-state index is 13.9. The van der Waals surface area contributed by atoms with Crippen LogP contribution in [0.4, 0.5) is 18.0 Å². The lowest BCUT2D eigenvalue weighted by Crippen LogP contribution is -2.58. The summed E-state index contributed by atoms with van der Waals surface area (Å²) in [6.07, 6.45) is -6.69. The van der Waals surface area contributed by atoms with Gasteiger partial charge in [-0.05, 0) is 81.8 Å². The van der Waals surface area contributed by atoms with Crippen molar-refractivity contribution < 1.29 is 47.0 Å². The minimum Gasteiger partial charge on any atom is -0.444 e. The fourth-order valence-electron chi connectivity index (χ4n) is 5.75. The normalized spacial score (nSPS) is 15.4. The van der Waals surface area contributed by atoms with Crippen LogP contribution in [0.15, 0.2) is 30.3 Å². The zero-order valence-corrected chi connectivity index (χ0v) is 34.8. The first-order valence-corrected chi connectivity index (χ1v) is 20.3. The Morgan fingerprint density at radius 1 is 0.782 bits per heavy atom. The number of alkyl carbamates (subject to hydrolysis) is 1. The summed E-state index contributed by atoms with van der Waals surface area (Å²) in [6.45, 7) is 15.5. The number of halogens is 3. The van der Waals surface area contributed by atoms with Gasteiger partial charge in [-0.15, -0.1) is 0 Å². The number of ether oxygens (including phenoxy) is 1. The fourth-order valence-corrected chi connectivity index (χ4v) is 6.21. The smallest absolute Gasteiger partial charge is 0.408 e. The van der Waals surface area contributed by atoms with E-state index in [2.05, 4.69) is 26.6 Å². The third-order valence-corrected chi connectivity index (χ3v) is 9.24.